The zero-order chi connectivity index (χ0) is 31.4. The molecule has 1 unspecified atom stereocenters. The van der Waals surface area contributed by atoms with E-state index in [9.17, 15) is 36.5 Å². The van der Waals surface area contributed by atoms with E-state index in [0.717, 1.165) is 18.2 Å². The van der Waals surface area contributed by atoms with Crippen molar-refractivity contribution >= 4 is 29.3 Å². The molecule has 0 fully saturated rings. The van der Waals surface area contributed by atoms with Crippen LogP contribution in [0, 0.1) is 10.1 Å². The number of furan rings is 2. The van der Waals surface area contributed by atoms with Gasteiger partial charge in [0.05, 0.1) is 32.2 Å². The van der Waals surface area contributed by atoms with Crippen LogP contribution in [0.4, 0.5) is 26.3 Å². The summed E-state index contributed by atoms with van der Waals surface area (Å²) in [5.74, 6) is 1.33. The van der Waals surface area contributed by atoms with E-state index >= 15 is 0 Å². The topological polar surface area (TPSA) is 95.4 Å². The molecule has 224 valence electrons. The fourth-order valence-electron chi connectivity index (χ4n) is 3.60. The quantitative estimate of drug-likeness (QED) is 0.129. The molecule has 4 rings (SSSR count). The fourth-order valence-corrected chi connectivity index (χ4v) is 4.05. The summed E-state index contributed by atoms with van der Waals surface area (Å²) in [5, 5.41) is 9.79. The van der Waals surface area contributed by atoms with Crippen LogP contribution in [0.2, 0.25) is 10.0 Å². The number of nitrogens with two attached hydrogens (primary N) is 1. The molecule has 0 aliphatic heterocycles. The lowest BCUT2D eigenvalue weighted by atomic mass is 10.1. The van der Waals surface area contributed by atoms with Crippen LogP contribution in [0.25, 0.3) is 28.7 Å². The van der Waals surface area contributed by atoms with Crippen LogP contribution < -0.4 is 5.73 Å². The zero-order valence-electron chi connectivity index (χ0n) is 21.8. The predicted molar refractivity (Wildman–Crippen MR) is 146 cm³/mol. The van der Waals surface area contributed by atoms with E-state index in [1.54, 1.807) is 12.1 Å². The molecule has 2 aromatic carbocycles. The summed E-state index contributed by atoms with van der Waals surface area (Å²) in [4.78, 5) is 9.94. The molecule has 0 saturated heterocycles. The number of allylic oxidation sites excluding steroid dienone is 1. The van der Waals surface area contributed by atoms with Crippen molar-refractivity contribution in [1.82, 2.24) is 0 Å². The van der Waals surface area contributed by atoms with Gasteiger partial charge in [0.25, 0.3) is 0 Å². The third kappa shape index (κ3) is 8.63. The Morgan fingerprint density at radius 2 is 1.36 bits per heavy atom. The molecule has 1 atom stereocenters. The summed E-state index contributed by atoms with van der Waals surface area (Å²) in [6, 6.07) is 13.2. The van der Waals surface area contributed by atoms with Crippen LogP contribution in [0.15, 0.2) is 75.2 Å². The molecule has 0 radical (unpaired) electrons. The largest absolute Gasteiger partial charge is 0.461 e. The molecule has 0 bridgehead atoms. The van der Waals surface area contributed by atoms with Crippen LogP contribution in [0.3, 0.4) is 0 Å². The maximum absolute atomic E-state index is 12.8. The van der Waals surface area contributed by atoms with Crippen molar-refractivity contribution in [2.45, 2.75) is 38.7 Å². The second kappa shape index (κ2) is 13.1. The summed E-state index contributed by atoms with van der Waals surface area (Å²) in [5.41, 5.74) is 4.17. The molecule has 2 heterocycles. The Bertz CT molecular complexity index is 1590. The van der Waals surface area contributed by atoms with Crippen molar-refractivity contribution in [2.75, 3.05) is 0 Å². The molecule has 4 aromatic rings. The lowest BCUT2D eigenvalue weighted by Gasteiger charge is -2.10. The first-order chi connectivity index (χ1) is 19.5. The van der Waals surface area contributed by atoms with E-state index in [1.165, 1.54) is 43.3 Å². The summed E-state index contributed by atoms with van der Waals surface area (Å²) >= 11 is 11.1. The first-order valence-corrected chi connectivity index (χ1v) is 12.7. The van der Waals surface area contributed by atoms with Crippen LogP contribution in [-0.4, -0.2) is 11.0 Å². The second-order valence-electron chi connectivity index (χ2n) is 9.08. The first-order valence-electron chi connectivity index (χ1n) is 12.0. The molecule has 0 aliphatic carbocycles. The second-order valence-corrected chi connectivity index (χ2v) is 9.89. The van der Waals surface area contributed by atoms with Gasteiger partial charge in [0.15, 0.2) is 0 Å². The minimum absolute atomic E-state index is 0.0787. The van der Waals surface area contributed by atoms with Gasteiger partial charge in [-0.3, -0.25) is 10.1 Å². The summed E-state index contributed by atoms with van der Waals surface area (Å²) in [6.45, 7) is 3.11. The highest BCUT2D eigenvalue weighted by molar-refractivity contribution is 6.31. The monoisotopic (exact) mass is 634 g/mol. The predicted octanol–water partition coefficient (Wildman–Crippen LogP) is 9.76. The fraction of sp³-hybridized carbons (Fsp3) is 0.214. The van der Waals surface area contributed by atoms with Gasteiger partial charge in [-0.1, -0.05) is 23.2 Å². The van der Waals surface area contributed by atoms with Crippen molar-refractivity contribution in [3.05, 3.63) is 109 Å². The third-order valence-corrected chi connectivity index (χ3v) is 6.22. The first kappa shape index (κ1) is 32.8. The van der Waals surface area contributed by atoms with Gasteiger partial charge < -0.3 is 14.6 Å². The van der Waals surface area contributed by atoms with E-state index in [0.29, 0.717) is 23.5 Å². The average Bonchev–Trinajstić information content (AvgIpc) is 3.53. The normalized spacial score (nSPS) is 13.0. The number of halogens is 8. The molecule has 6 nitrogen and oxygen atoms in total. The van der Waals surface area contributed by atoms with Crippen molar-refractivity contribution in [1.29, 1.82) is 0 Å². The van der Waals surface area contributed by atoms with E-state index in [4.69, 9.17) is 37.8 Å². The molecule has 0 spiro atoms. The molecule has 2 N–H and O–H groups in total. The number of benzene rings is 2. The molecule has 2 aromatic heterocycles. The molecular formula is C28H22Cl2F6N2O4. The maximum atomic E-state index is 12.8. The van der Waals surface area contributed by atoms with Gasteiger partial charge >= 0.3 is 12.4 Å². The van der Waals surface area contributed by atoms with E-state index in [-0.39, 0.29) is 33.8 Å². The van der Waals surface area contributed by atoms with Crippen molar-refractivity contribution < 1.29 is 40.1 Å². The Morgan fingerprint density at radius 3 is 1.81 bits per heavy atom. The number of alkyl halides is 6. The van der Waals surface area contributed by atoms with Crippen LogP contribution >= 0.6 is 23.2 Å². The lowest BCUT2D eigenvalue weighted by Crippen LogP contribution is -2.17. The van der Waals surface area contributed by atoms with Crippen LogP contribution in [-0.2, 0) is 18.8 Å². The number of nitro groups is 1. The molecule has 0 amide bonds. The van der Waals surface area contributed by atoms with E-state index in [2.05, 4.69) is 0 Å². The van der Waals surface area contributed by atoms with Gasteiger partial charge in [0.1, 0.15) is 23.0 Å². The minimum Gasteiger partial charge on any atom is -0.461 e. The number of hydrogen-bond donors (Lipinski definition) is 1. The van der Waals surface area contributed by atoms with Gasteiger partial charge in [0.2, 0.25) is 5.70 Å². The SMILES string of the molecule is CC(=Cc1ccc(-c2ccc(Cl)c(C(F)(F)F)c2)o1)[N+](=O)[O-].CC(N)Cc1ccc(-c2ccc(Cl)c(C(F)(F)F)c2)o1. The highest BCUT2D eigenvalue weighted by Crippen LogP contribution is 2.39. The van der Waals surface area contributed by atoms with E-state index in [1.807, 2.05) is 6.92 Å². The summed E-state index contributed by atoms with van der Waals surface area (Å²) in [6.07, 6.45) is -7.36. The van der Waals surface area contributed by atoms with Crippen molar-refractivity contribution in [3.63, 3.8) is 0 Å². The van der Waals surface area contributed by atoms with Gasteiger partial charge in [-0.2, -0.15) is 26.3 Å². The Labute approximate surface area is 245 Å². The molecule has 0 aliphatic rings. The summed E-state index contributed by atoms with van der Waals surface area (Å²) in [7, 11) is 0. The van der Waals surface area contributed by atoms with Crippen LogP contribution in [0.5, 0.6) is 0 Å². The van der Waals surface area contributed by atoms with Gasteiger partial charge in [-0.25, -0.2) is 0 Å². The number of rotatable bonds is 6. The minimum atomic E-state index is -4.58. The Hall–Kier alpha value is -3.74. The van der Waals surface area contributed by atoms with Crippen LogP contribution in [0.1, 0.15) is 36.5 Å². The molecule has 14 heteroatoms. The Kier molecular flexibility index (Phi) is 10.2. The highest BCUT2D eigenvalue weighted by Gasteiger charge is 2.34. The average molecular weight is 635 g/mol. The lowest BCUT2D eigenvalue weighted by molar-refractivity contribution is -0.422. The Balaban J connectivity index is 0.000000231. The number of hydrogen-bond acceptors (Lipinski definition) is 5. The summed E-state index contributed by atoms with van der Waals surface area (Å²) < 4.78 is 87.6. The molecular weight excluding hydrogens is 613 g/mol. The Morgan fingerprint density at radius 1 is 0.881 bits per heavy atom. The molecule has 0 saturated carbocycles. The van der Waals surface area contributed by atoms with Gasteiger partial charge in [0, 0.05) is 30.5 Å². The van der Waals surface area contributed by atoms with Gasteiger partial charge in [-0.05, 0) is 67.6 Å². The smallest absolute Gasteiger partial charge is 0.417 e. The standard InChI is InChI=1S/C14H9ClF3NO3.C14H13ClF3NO/c1-8(19(20)21)6-10-3-5-13(22-10)9-2-4-12(15)11(7-9)14(16,17)18;1-8(19)6-10-3-5-13(20-10)9-2-4-12(15)11(7-9)14(16,17)18/h2-7H,1H3;2-5,7-8H,6,19H2,1H3. The van der Waals surface area contributed by atoms with E-state index < -0.39 is 33.4 Å². The van der Waals surface area contributed by atoms with Crippen molar-refractivity contribution in [2.24, 2.45) is 5.73 Å². The highest BCUT2D eigenvalue weighted by atomic mass is 35.5. The van der Waals surface area contributed by atoms with Gasteiger partial charge in [-0.15, -0.1) is 0 Å². The van der Waals surface area contributed by atoms with Crippen molar-refractivity contribution in [3.8, 4) is 22.6 Å². The maximum Gasteiger partial charge on any atom is 0.417 e. The zero-order valence-corrected chi connectivity index (χ0v) is 23.3. The number of nitrogens with zero attached hydrogens (tertiary/aromatic N) is 1. The third-order valence-electron chi connectivity index (χ3n) is 5.56. The molecule has 42 heavy (non-hydrogen) atoms.